The molecule has 0 heterocycles. The van der Waals surface area contributed by atoms with Gasteiger partial charge in [-0.1, -0.05) is 11.6 Å². The fourth-order valence-electron chi connectivity index (χ4n) is 1.89. The number of rotatable bonds is 9. The molecule has 0 bridgehead atoms. The highest BCUT2D eigenvalue weighted by Crippen LogP contribution is 2.21. The summed E-state index contributed by atoms with van der Waals surface area (Å²) in [7, 11) is 0. The molecule has 0 aliphatic carbocycles. The van der Waals surface area contributed by atoms with Gasteiger partial charge in [-0.3, -0.25) is 4.90 Å². The van der Waals surface area contributed by atoms with Crippen molar-refractivity contribution in [3.8, 4) is 5.75 Å². The van der Waals surface area contributed by atoms with Gasteiger partial charge in [0.1, 0.15) is 18.5 Å². The molecule has 1 rings (SSSR count). The van der Waals surface area contributed by atoms with E-state index in [1.54, 1.807) is 23.1 Å². The van der Waals surface area contributed by atoms with Crippen molar-refractivity contribution in [1.82, 2.24) is 4.90 Å². The van der Waals surface area contributed by atoms with Crippen LogP contribution < -0.4 is 4.74 Å². The molecule has 114 valence electrons. The number of benzene rings is 1. The number of aliphatic hydroxyl groups is 3. The lowest BCUT2D eigenvalue weighted by Gasteiger charge is -2.23. The molecule has 0 aromatic heterocycles. The summed E-state index contributed by atoms with van der Waals surface area (Å²) in [5, 5.41) is 28.4. The van der Waals surface area contributed by atoms with Gasteiger partial charge in [0.25, 0.3) is 0 Å². The molecule has 0 spiro atoms. The fraction of sp³-hybridized carbons (Fsp3) is 0.571. The first-order chi connectivity index (χ1) is 9.56. The first kappa shape index (κ1) is 17.2. The molecule has 0 aliphatic heterocycles. The van der Waals surface area contributed by atoms with Gasteiger partial charge in [0.15, 0.2) is 0 Å². The van der Waals surface area contributed by atoms with Gasteiger partial charge in [-0.15, -0.1) is 0 Å². The Labute approximate surface area is 124 Å². The van der Waals surface area contributed by atoms with Gasteiger partial charge in [-0.2, -0.15) is 0 Å². The van der Waals surface area contributed by atoms with Crippen LogP contribution in [0.3, 0.4) is 0 Å². The molecule has 3 N–H and O–H groups in total. The van der Waals surface area contributed by atoms with Gasteiger partial charge in [0.05, 0.1) is 13.2 Å². The minimum absolute atomic E-state index is 0.0100. The Kier molecular flexibility index (Phi) is 7.87. The molecular weight excluding hydrogens is 282 g/mol. The maximum absolute atomic E-state index is 9.92. The summed E-state index contributed by atoms with van der Waals surface area (Å²) in [4.78, 5) is 1.78. The van der Waals surface area contributed by atoms with E-state index in [1.165, 1.54) is 0 Å². The average molecular weight is 304 g/mol. The standard InChI is InChI=1S/C14H22ClNO4/c1-11-8-12(15)2-3-14(11)20-10-13(19)9-16(4-6-17)5-7-18/h2-3,8,13,17-19H,4-7,9-10H2,1H3/t13-/m0/s1. The lowest BCUT2D eigenvalue weighted by molar-refractivity contribution is 0.0550. The molecule has 0 fully saturated rings. The number of hydrogen-bond acceptors (Lipinski definition) is 5. The number of halogens is 1. The second kappa shape index (κ2) is 9.15. The summed E-state index contributed by atoms with van der Waals surface area (Å²) in [5.74, 6) is 0.685. The average Bonchev–Trinajstić information content (AvgIpc) is 2.38. The van der Waals surface area contributed by atoms with Crippen LogP contribution in [-0.4, -0.2) is 65.8 Å². The first-order valence-corrected chi connectivity index (χ1v) is 6.95. The van der Waals surface area contributed by atoms with Crippen molar-refractivity contribution in [3.05, 3.63) is 28.8 Å². The summed E-state index contributed by atoms with van der Waals surface area (Å²) in [6.45, 7) is 3.18. The van der Waals surface area contributed by atoms with E-state index in [0.717, 1.165) is 5.56 Å². The molecule has 1 atom stereocenters. The molecule has 1 aromatic carbocycles. The van der Waals surface area contributed by atoms with Gasteiger partial charge >= 0.3 is 0 Å². The second-order valence-corrected chi connectivity index (χ2v) is 5.06. The molecule has 6 heteroatoms. The molecular formula is C14H22ClNO4. The van der Waals surface area contributed by atoms with Gasteiger partial charge in [0, 0.05) is 24.7 Å². The lowest BCUT2D eigenvalue weighted by atomic mass is 10.2. The Morgan fingerprint density at radius 3 is 2.45 bits per heavy atom. The maximum atomic E-state index is 9.92. The summed E-state index contributed by atoms with van der Waals surface area (Å²) in [6.07, 6.45) is -0.692. The quantitative estimate of drug-likeness (QED) is 0.625. The van der Waals surface area contributed by atoms with E-state index in [1.807, 2.05) is 6.92 Å². The number of nitrogens with zero attached hydrogens (tertiary/aromatic N) is 1. The molecule has 0 aliphatic rings. The Bertz CT molecular complexity index is 397. The molecule has 0 unspecified atom stereocenters. The van der Waals surface area contributed by atoms with Gasteiger partial charge in [-0.25, -0.2) is 0 Å². The van der Waals surface area contributed by atoms with Crippen molar-refractivity contribution in [3.63, 3.8) is 0 Å². The molecule has 1 aromatic rings. The minimum atomic E-state index is -0.692. The number of aliphatic hydroxyl groups excluding tert-OH is 3. The zero-order valence-corrected chi connectivity index (χ0v) is 12.4. The third-order valence-corrected chi connectivity index (χ3v) is 3.10. The van der Waals surface area contributed by atoms with E-state index in [-0.39, 0.29) is 19.8 Å². The molecule has 0 saturated carbocycles. The van der Waals surface area contributed by atoms with Crippen LogP contribution in [0.25, 0.3) is 0 Å². The van der Waals surface area contributed by atoms with Crippen LogP contribution in [0.2, 0.25) is 5.02 Å². The largest absolute Gasteiger partial charge is 0.491 e. The lowest BCUT2D eigenvalue weighted by Crippen LogP contribution is -2.38. The third kappa shape index (κ3) is 6.07. The predicted octanol–water partition coefficient (Wildman–Crippen LogP) is 0.675. The zero-order chi connectivity index (χ0) is 15.0. The SMILES string of the molecule is Cc1cc(Cl)ccc1OC[C@@H](O)CN(CCO)CCO. The summed E-state index contributed by atoms with van der Waals surface area (Å²) >= 11 is 5.86. The summed E-state index contributed by atoms with van der Waals surface area (Å²) < 4.78 is 5.55. The van der Waals surface area contributed by atoms with Crippen molar-refractivity contribution < 1.29 is 20.1 Å². The van der Waals surface area contributed by atoms with E-state index in [0.29, 0.717) is 30.4 Å². The van der Waals surface area contributed by atoms with Gasteiger partial charge < -0.3 is 20.1 Å². The molecule has 5 nitrogen and oxygen atoms in total. The topological polar surface area (TPSA) is 73.2 Å². The van der Waals surface area contributed by atoms with Crippen LogP contribution in [0.1, 0.15) is 5.56 Å². The molecule has 20 heavy (non-hydrogen) atoms. The van der Waals surface area contributed by atoms with E-state index >= 15 is 0 Å². The number of aryl methyl sites for hydroxylation is 1. The molecule has 0 radical (unpaired) electrons. The fourth-order valence-corrected chi connectivity index (χ4v) is 2.12. The van der Waals surface area contributed by atoms with Crippen LogP contribution in [-0.2, 0) is 0 Å². The van der Waals surface area contributed by atoms with Gasteiger partial charge in [0.2, 0.25) is 0 Å². The van der Waals surface area contributed by atoms with Crippen molar-refractivity contribution in [2.24, 2.45) is 0 Å². The highest BCUT2D eigenvalue weighted by Gasteiger charge is 2.12. The highest BCUT2D eigenvalue weighted by atomic mass is 35.5. The Hall–Kier alpha value is -0.850. The van der Waals surface area contributed by atoms with Crippen molar-refractivity contribution in [1.29, 1.82) is 0 Å². The normalized spacial score (nSPS) is 12.7. The van der Waals surface area contributed by atoms with Crippen molar-refractivity contribution in [2.45, 2.75) is 13.0 Å². The van der Waals surface area contributed by atoms with Crippen LogP contribution in [0, 0.1) is 6.92 Å². The molecule has 0 amide bonds. The van der Waals surface area contributed by atoms with Crippen LogP contribution in [0.15, 0.2) is 18.2 Å². The number of hydrogen-bond donors (Lipinski definition) is 3. The van der Waals surface area contributed by atoms with Crippen LogP contribution >= 0.6 is 11.6 Å². The van der Waals surface area contributed by atoms with Crippen LogP contribution in [0.4, 0.5) is 0 Å². The van der Waals surface area contributed by atoms with Gasteiger partial charge in [-0.05, 0) is 30.7 Å². The Balaban J connectivity index is 2.43. The van der Waals surface area contributed by atoms with Crippen LogP contribution in [0.5, 0.6) is 5.75 Å². The number of ether oxygens (including phenoxy) is 1. The Morgan fingerprint density at radius 1 is 1.25 bits per heavy atom. The highest BCUT2D eigenvalue weighted by molar-refractivity contribution is 6.30. The van der Waals surface area contributed by atoms with E-state index < -0.39 is 6.10 Å². The third-order valence-electron chi connectivity index (χ3n) is 2.87. The van der Waals surface area contributed by atoms with Crippen molar-refractivity contribution >= 4 is 11.6 Å². The Morgan fingerprint density at radius 2 is 1.90 bits per heavy atom. The van der Waals surface area contributed by atoms with Crippen molar-refractivity contribution in [2.75, 3.05) is 39.5 Å². The second-order valence-electron chi connectivity index (χ2n) is 4.62. The maximum Gasteiger partial charge on any atom is 0.122 e. The molecule has 0 saturated heterocycles. The smallest absolute Gasteiger partial charge is 0.122 e. The van der Waals surface area contributed by atoms with E-state index in [2.05, 4.69) is 0 Å². The minimum Gasteiger partial charge on any atom is -0.491 e. The zero-order valence-electron chi connectivity index (χ0n) is 11.6. The summed E-state index contributed by atoms with van der Waals surface area (Å²) in [5.41, 5.74) is 0.910. The first-order valence-electron chi connectivity index (χ1n) is 6.58. The van der Waals surface area contributed by atoms with E-state index in [9.17, 15) is 5.11 Å². The van der Waals surface area contributed by atoms with E-state index in [4.69, 9.17) is 26.6 Å². The summed E-state index contributed by atoms with van der Waals surface area (Å²) in [6, 6.07) is 5.30. The predicted molar refractivity (Wildman–Crippen MR) is 78.3 cm³/mol. The monoisotopic (exact) mass is 303 g/mol.